The second-order valence-electron chi connectivity index (χ2n) is 10.2. The number of alkyl halides is 2. The zero-order valence-electron chi connectivity index (χ0n) is 17.1. The maximum atomic E-state index is 15.2. The summed E-state index contributed by atoms with van der Waals surface area (Å²) in [5.41, 5.74) is 1.47. The van der Waals surface area contributed by atoms with Crippen molar-refractivity contribution in [1.29, 1.82) is 0 Å². The van der Waals surface area contributed by atoms with Crippen molar-refractivity contribution in [2.75, 3.05) is 0 Å². The lowest BCUT2D eigenvalue weighted by Crippen LogP contribution is -2.47. The molecule has 0 saturated heterocycles. The summed E-state index contributed by atoms with van der Waals surface area (Å²) in [6.45, 7) is 1.81. The number of rotatable bonds is 4. The largest absolute Gasteiger partial charge is 0.508 e. The van der Waals surface area contributed by atoms with E-state index in [0.717, 1.165) is 32.1 Å². The lowest BCUT2D eigenvalue weighted by atomic mass is 9.53. The Kier molecular flexibility index (Phi) is 4.45. The highest BCUT2D eigenvalue weighted by Crippen LogP contribution is 2.68. The second kappa shape index (κ2) is 6.68. The molecule has 0 radical (unpaired) electrons. The molecule has 0 heterocycles. The topological polar surface area (TPSA) is 49.3 Å². The number of carbonyl (C=O) groups is 1. The molecule has 3 saturated carbocycles. The summed E-state index contributed by atoms with van der Waals surface area (Å²) in [5.74, 6) is -1.92. The van der Waals surface area contributed by atoms with Crippen molar-refractivity contribution in [1.82, 2.24) is 5.32 Å². The molecule has 4 aliphatic carbocycles. The minimum atomic E-state index is -2.66. The van der Waals surface area contributed by atoms with Crippen molar-refractivity contribution in [2.24, 2.45) is 23.2 Å². The van der Waals surface area contributed by atoms with Gasteiger partial charge in [-0.1, -0.05) is 13.0 Å². The first-order chi connectivity index (χ1) is 13.8. The predicted octanol–water partition coefficient (Wildman–Crippen LogP) is 5.17. The van der Waals surface area contributed by atoms with Gasteiger partial charge < -0.3 is 10.4 Å². The molecule has 3 fully saturated rings. The Morgan fingerprint density at radius 1 is 1.24 bits per heavy atom. The van der Waals surface area contributed by atoms with Crippen LogP contribution in [0.5, 0.6) is 5.75 Å². The highest BCUT2D eigenvalue weighted by atomic mass is 19.3. The highest BCUT2D eigenvalue weighted by Gasteiger charge is 2.67. The molecule has 3 unspecified atom stereocenters. The van der Waals surface area contributed by atoms with Crippen molar-refractivity contribution in [3.63, 3.8) is 0 Å². The summed E-state index contributed by atoms with van der Waals surface area (Å²) in [7, 11) is 0. The van der Waals surface area contributed by atoms with Crippen LogP contribution >= 0.6 is 0 Å². The van der Waals surface area contributed by atoms with Crippen LogP contribution in [0.2, 0.25) is 0 Å². The molecule has 29 heavy (non-hydrogen) atoms. The first kappa shape index (κ1) is 19.3. The number of aromatic hydroxyl groups is 1. The summed E-state index contributed by atoms with van der Waals surface area (Å²) < 4.78 is 30.5. The van der Waals surface area contributed by atoms with Gasteiger partial charge in [-0.05, 0) is 91.9 Å². The first-order valence-electron chi connectivity index (χ1n) is 11.3. The Labute approximate surface area is 171 Å². The fourth-order valence-corrected chi connectivity index (χ4v) is 6.93. The first-order valence-corrected chi connectivity index (χ1v) is 11.3. The van der Waals surface area contributed by atoms with Crippen LogP contribution < -0.4 is 5.32 Å². The minimum absolute atomic E-state index is 0.0289. The van der Waals surface area contributed by atoms with E-state index in [2.05, 4.69) is 5.32 Å². The van der Waals surface area contributed by atoms with Gasteiger partial charge in [-0.25, -0.2) is 8.78 Å². The fourth-order valence-electron chi connectivity index (χ4n) is 6.93. The number of benzene rings is 1. The van der Waals surface area contributed by atoms with Crippen LogP contribution in [-0.2, 0) is 11.2 Å². The summed E-state index contributed by atoms with van der Waals surface area (Å²) in [5, 5.41) is 12.8. The quantitative estimate of drug-likeness (QED) is 0.729. The van der Waals surface area contributed by atoms with Crippen LogP contribution in [0, 0.1) is 23.2 Å². The molecule has 0 bridgehead atoms. The maximum absolute atomic E-state index is 15.2. The molecule has 0 spiro atoms. The van der Waals surface area contributed by atoms with E-state index in [9.17, 15) is 9.90 Å². The van der Waals surface area contributed by atoms with Crippen LogP contribution in [-0.4, -0.2) is 23.0 Å². The molecule has 3 nitrogen and oxygen atoms in total. The summed E-state index contributed by atoms with van der Waals surface area (Å²) in [4.78, 5) is 12.2. The van der Waals surface area contributed by atoms with E-state index < -0.39 is 11.3 Å². The number of nitrogens with one attached hydrogen (secondary N) is 1. The lowest BCUT2D eigenvalue weighted by Gasteiger charge is -2.51. The number of fused-ring (bicyclic) bond motifs is 5. The monoisotopic (exact) mass is 403 g/mol. The number of aryl methyl sites for hydroxylation is 1. The number of hydrogen-bond donors (Lipinski definition) is 2. The molecule has 1 amide bonds. The van der Waals surface area contributed by atoms with E-state index in [1.165, 1.54) is 11.1 Å². The Balaban J connectivity index is 1.40. The predicted molar refractivity (Wildman–Crippen MR) is 107 cm³/mol. The Hall–Kier alpha value is -1.65. The molecule has 1 aromatic rings. The molecule has 2 N–H and O–H groups in total. The molecule has 0 aromatic heterocycles. The van der Waals surface area contributed by atoms with Crippen LogP contribution in [0.15, 0.2) is 18.2 Å². The van der Waals surface area contributed by atoms with Gasteiger partial charge in [-0.15, -0.1) is 0 Å². The van der Waals surface area contributed by atoms with Gasteiger partial charge in [-0.2, -0.15) is 0 Å². The Bertz CT molecular complexity index is 821. The summed E-state index contributed by atoms with van der Waals surface area (Å²) >= 11 is 0. The summed E-state index contributed by atoms with van der Waals surface area (Å²) in [6, 6.07) is 5.92. The van der Waals surface area contributed by atoms with Gasteiger partial charge in [0.05, 0.1) is 0 Å². The van der Waals surface area contributed by atoms with Gasteiger partial charge in [-0.3, -0.25) is 4.79 Å². The molecule has 5 heteroatoms. The van der Waals surface area contributed by atoms with Crippen molar-refractivity contribution >= 4 is 5.91 Å². The zero-order valence-corrected chi connectivity index (χ0v) is 17.1. The van der Waals surface area contributed by atoms with Gasteiger partial charge in [0.2, 0.25) is 5.91 Å². The van der Waals surface area contributed by atoms with Crippen LogP contribution in [0.4, 0.5) is 8.78 Å². The number of halogens is 2. The smallest absolute Gasteiger partial charge is 0.253 e. The van der Waals surface area contributed by atoms with Crippen molar-refractivity contribution in [2.45, 2.75) is 82.6 Å². The third kappa shape index (κ3) is 3.16. The number of phenols is 1. The van der Waals surface area contributed by atoms with Gasteiger partial charge in [0.15, 0.2) is 0 Å². The number of hydrogen-bond acceptors (Lipinski definition) is 2. The Morgan fingerprint density at radius 2 is 2.03 bits per heavy atom. The van der Waals surface area contributed by atoms with E-state index in [0.29, 0.717) is 31.2 Å². The summed E-state index contributed by atoms with van der Waals surface area (Å²) in [6.07, 6.45) is 6.04. The third-order valence-corrected chi connectivity index (χ3v) is 8.51. The second-order valence-corrected chi connectivity index (χ2v) is 10.2. The van der Waals surface area contributed by atoms with Crippen LogP contribution in [0.25, 0.3) is 0 Å². The zero-order chi connectivity index (χ0) is 20.4. The van der Waals surface area contributed by atoms with E-state index in [4.69, 9.17) is 0 Å². The van der Waals surface area contributed by atoms with Crippen molar-refractivity contribution < 1.29 is 18.7 Å². The van der Waals surface area contributed by atoms with Crippen LogP contribution in [0.1, 0.15) is 75.3 Å². The van der Waals surface area contributed by atoms with Crippen LogP contribution in [0.3, 0.4) is 0 Å². The van der Waals surface area contributed by atoms with Gasteiger partial charge in [0.1, 0.15) is 5.75 Å². The molecule has 4 aliphatic rings. The molecule has 158 valence electrons. The molecule has 5 atom stereocenters. The van der Waals surface area contributed by atoms with Crippen molar-refractivity contribution in [3.05, 3.63) is 29.3 Å². The maximum Gasteiger partial charge on any atom is 0.253 e. The SMILES string of the molecule is C[C@]12CCC3c4ccc(O)cc4CCC3C1[C@H](CCC(=O)NC1CC1)CC2(F)F. The average Bonchev–Trinajstić information content (AvgIpc) is 3.45. The molecule has 0 aliphatic heterocycles. The fraction of sp³-hybridized carbons (Fsp3) is 0.708. The van der Waals surface area contributed by atoms with E-state index in [-0.39, 0.29) is 35.8 Å². The van der Waals surface area contributed by atoms with E-state index in [1.54, 1.807) is 6.07 Å². The highest BCUT2D eigenvalue weighted by molar-refractivity contribution is 5.76. The lowest BCUT2D eigenvalue weighted by molar-refractivity contribution is -0.133. The molecular weight excluding hydrogens is 372 g/mol. The minimum Gasteiger partial charge on any atom is -0.508 e. The normalized spacial score (nSPS) is 37.3. The standard InChI is InChI=1S/C24H31F2NO2/c1-23-11-10-19-18-8-6-17(28)12-14(18)2-7-20(19)22(23)15(13-24(23,25)26)3-9-21(29)27-16-4-5-16/h6,8,12,15-16,19-20,22,28H,2-5,7,9-11,13H2,1H3,(H,27,29)/t15-,19?,20?,22?,23+/m1/s1. The third-order valence-electron chi connectivity index (χ3n) is 8.51. The molecule has 5 rings (SSSR count). The van der Waals surface area contributed by atoms with E-state index in [1.807, 2.05) is 19.1 Å². The van der Waals surface area contributed by atoms with Gasteiger partial charge in [0.25, 0.3) is 5.92 Å². The number of phenolic OH excluding ortho intramolecular Hbond substituents is 1. The van der Waals surface area contributed by atoms with Gasteiger partial charge in [0, 0.05) is 24.3 Å². The average molecular weight is 404 g/mol. The van der Waals surface area contributed by atoms with Crippen molar-refractivity contribution in [3.8, 4) is 5.75 Å². The number of amides is 1. The van der Waals surface area contributed by atoms with Gasteiger partial charge >= 0.3 is 0 Å². The number of carbonyl (C=O) groups excluding carboxylic acids is 1. The Morgan fingerprint density at radius 3 is 2.79 bits per heavy atom. The molecular formula is C24H31F2NO2. The van der Waals surface area contributed by atoms with E-state index >= 15 is 8.78 Å². The molecule has 1 aromatic carbocycles.